The smallest absolute Gasteiger partial charge is 0.232 e. The Morgan fingerprint density at radius 1 is 1.33 bits per heavy atom. The summed E-state index contributed by atoms with van der Waals surface area (Å²) >= 11 is 1.54. The Bertz CT molecular complexity index is 428. The van der Waals surface area contributed by atoms with E-state index in [0.29, 0.717) is 5.75 Å². The van der Waals surface area contributed by atoms with Gasteiger partial charge in [-0.15, -0.1) is 11.8 Å². The lowest BCUT2D eigenvalue weighted by atomic mass is 10.1. The average Bonchev–Trinajstić information content (AvgIpc) is 2.38. The first-order valence-corrected chi connectivity index (χ1v) is 7.42. The van der Waals surface area contributed by atoms with Gasteiger partial charge in [-0.2, -0.15) is 0 Å². The predicted molar refractivity (Wildman–Crippen MR) is 76.7 cm³/mol. The summed E-state index contributed by atoms with van der Waals surface area (Å²) in [6.07, 6.45) is 3.54. The third kappa shape index (κ3) is 3.42. The van der Waals surface area contributed by atoms with Gasteiger partial charge in [0.1, 0.15) is 0 Å². The number of benzene rings is 1. The number of nitrogens with zero attached hydrogens (tertiary/aromatic N) is 1. The van der Waals surface area contributed by atoms with Gasteiger partial charge in [0.25, 0.3) is 0 Å². The van der Waals surface area contributed by atoms with Crippen molar-refractivity contribution in [1.29, 1.82) is 0 Å². The van der Waals surface area contributed by atoms with Crippen LogP contribution in [0.4, 0.5) is 5.69 Å². The van der Waals surface area contributed by atoms with Crippen LogP contribution in [0.2, 0.25) is 0 Å². The highest BCUT2D eigenvalue weighted by Gasteiger charge is 2.16. The molecule has 0 spiro atoms. The summed E-state index contributed by atoms with van der Waals surface area (Å²) in [5.41, 5.74) is 7.86. The highest BCUT2D eigenvalue weighted by Crippen LogP contribution is 2.26. The van der Waals surface area contributed by atoms with Crippen molar-refractivity contribution in [3.05, 3.63) is 23.8 Å². The molecule has 0 atom stereocenters. The summed E-state index contributed by atoms with van der Waals surface area (Å²) in [4.78, 5) is 15.0. The lowest BCUT2D eigenvalue weighted by Gasteiger charge is -2.26. The molecule has 1 aliphatic rings. The predicted octanol–water partition coefficient (Wildman–Crippen LogP) is 2.68. The summed E-state index contributed by atoms with van der Waals surface area (Å²) in [5, 5.41) is 0. The van der Waals surface area contributed by atoms with Crippen molar-refractivity contribution in [2.75, 3.05) is 24.6 Å². The van der Waals surface area contributed by atoms with E-state index in [9.17, 15) is 4.79 Å². The summed E-state index contributed by atoms with van der Waals surface area (Å²) in [6, 6.07) is 5.98. The number of thioether (sulfide) groups is 1. The zero-order valence-electron chi connectivity index (χ0n) is 10.8. The molecule has 1 saturated heterocycles. The topological polar surface area (TPSA) is 46.3 Å². The number of carbonyl (C=O) groups is 1. The Morgan fingerprint density at radius 2 is 2.06 bits per heavy atom. The van der Waals surface area contributed by atoms with Gasteiger partial charge in [-0.1, -0.05) is 6.07 Å². The molecule has 1 aliphatic heterocycles. The van der Waals surface area contributed by atoms with E-state index in [4.69, 9.17) is 5.73 Å². The molecule has 98 valence electrons. The van der Waals surface area contributed by atoms with Gasteiger partial charge in [0.15, 0.2) is 0 Å². The fourth-order valence-corrected chi connectivity index (χ4v) is 3.02. The first-order chi connectivity index (χ1) is 8.66. The van der Waals surface area contributed by atoms with E-state index in [1.54, 1.807) is 11.8 Å². The fourth-order valence-electron chi connectivity index (χ4n) is 2.17. The number of nitrogen functional groups attached to an aromatic ring is 1. The molecule has 0 aliphatic carbocycles. The molecule has 0 aromatic heterocycles. The molecule has 2 rings (SSSR count). The van der Waals surface area contributed by atoms with Crippen molar-refractivity contribution < 1.29 is 4.79 Å². The van der Waals surface area contributed by atoms with Gasteiger partial charge in [-0.25, -0.2) is 0 Å². The van der Waals surface area contributed by atoms with E-state index in [1.807, 2.05) is 30.0 Å². The lowest BCUT2D eigenvalue weighted by Crippen LogP contribution is -2.36. The molecule has 1 aromatic carbocycles. The maximum Gasteiger partial charge on any atom is 0.232 e. The molecule has 4 heteroatoms. The Hall–Kier alpha value is -1.16. The van der Waals surface area contributed by atoms with E-state index in [1.165, 1.54) is 6.42 Å². The molecule has 0 unspecified atom stereocenters. The van der Waals surface area contributed by atoms with E-state index in [2.05, 4.69) is 0 Å². The number of rotatable bonds is 3. The number of amides is 1. The highest BCUT2D eigenvalue weighted by atomic mass is 32.2. The third-order valence-electron chi connectivity index (χ3n) is 3.23. The van der Waals surface area contributed by atoms with Gasteiger partial charge in [0.05, 0.1) is 5.75 Å². The van der Waals surface area contributed by atoms with Crippen LogP contribution in [0.3, 0.4) is 0 Å². The van der Waals surface area contributed by atoms with Gasteiger partial charge in [0.2, 0.25) is 5.91 Å². The number of hydrogen-bond donors (Lipinski definition) is 1. The zero-order valence-corrected chi connectivity index (χ0v) is 11.6. The Balaban J connectivity index is 1.88. The van der Waals surface area contributed by atoms with Crippen LogP contribution in [0.1, 0.15) is 24.8 Å². The normalized spacial score (nSPS) is 15.7. The molecular weight excluding hydrogens is 244 g/mol. The van der Waals surface area contributed by atoms with Crippen LogP contribution < -0.4 is 5.73 Å². The monoisotopic (exact) mass is 264 g/mol. The van der Waals surface area contributed by atoms with Crippen LogP contribution in [0, 0.1) is 6.92 Å². The molecule has 0 bridgehead atoms. The minimum Gasteiger partial charge on any atom is -0.398 e. The SMILES string of the molecule is Cc1ccc(SCC(=O)N2CCCCC2)c(N)c1. The fraction of sp³-hybridized carbons (Fsp3) is 0.500. The van der Waals surface area contributed by atoms with Crippen molar-refractivity contribution in [3.8, 4) is 0 Å². The number of carbonyl (C=O) groups excluding carboxylic acids is 1. The first kappa shape index (κ1) is 13.3. The third-order valence-corrected chi connectivity index (χ3v) is 4.30. The molecule has 1 heterocycles. The number of piperidine rings is 1. The molecule has 3 nitrogen and oxygen atoms in total. The summed E-state index contributed by atoms with van der Waals surface area (Å²) < 4.78 is 0. The Morgan fingerprint density at radius 3 is 2.72 bits per heavy atom. The number of likely N-dealkylation sites (tertiary alicyclic amines) is 1. The van der Waals surface area contributed by atoms with Crippen LogP contribution >= 0.6 is 11.8 Å². The molecular formula is C14H20N2OS. The minimum absolute atomic E-state index is 0.236. The van der Waals surface area contributed by atoms with E-state index in [0.717, 1.165) is 42.1 Å². The second kappa shape index (κ2) is 6.14. The molecule has 1 amide bonds. The number of hydrogen-bond acceptors (Lipinski definition) is 3. The number of anilines is 1. The van der Waals surface area contributed by atoms with E-state index in [-0.39, 0.29) is 5.91 Å². The number of nitrogens with two attached hydrogens (primary N) is 1. The van der Waals surface area contributed by atoms with Crippen LogP contribution in [-0.2, 0) is 4.79 Å². The van der Waals surface area contributed by atoms with Crippen molar-refractivity contribution >= 4 is 23.4 Å². The van der Waals surface area contributed by atoms with Crippen molar-refractivity contribution in [1.82, 2.24) is 4.90 Å². The van der Waals surface area contributed by atoms with Crippen molar-refractivity contribution in [2.45, 2.75) is 31.1 Å². The van der Waals surface area contributed by atoms with Gasteiger partial charge < -0.3 is 10.6 Å². The molecule has 0 saturated carbocycles. The maximum atomic E-state index is 12.0. The maximum absolute atomic E-state index is 12.0. The molecule has 1 fully saturated rings. The van der Waals surface area contributed by atoms with E-state index >= 15 is 0 Å². The van der Waals surface area contributed by atoms with Gasteiger partial charge in [-0.05, 0) is 43.9 Å². The summed E-state index contributed by atoms with van der Waals surface area (Å²) in [7, 11) is 0. The molecule has 0 radical (unpaired) electrons. The Labute approximate surface area is 113 Å². The summed E-state index contributed by atoms with van der Waals surface area (Å²) in [6.45, 7) is 3.86. The standard InChI is InChI=1S/C14H20N2OS/c1-11-5-6-13(12(15)9-11)18-10-14(17)16-7-3-2-4-8-16/h5-6,9H,2-4,7-8,10,15H2,1H3. The largest absolute Gasteiger partial charge is 0.398 e. The Kier molecular flexibility index (Phi) is 4.53. The highest BCUT2D eigenvalue weighted by molar-refractivity contribution is 8.00. The van der Waals surface area contributed by atoms with Gasteiger partial charge >= 0.3 is 0 Å². The molecule has 1 aromatic rings. The second-order valence-electron chi connectivity index (χ2n) is 4.77. The lowest BCUT2D eigenvalue weighted by molar-refractivity contribution is -0.129. The van der Waals surface area contributed by atoms with Gasteiger partial charge in [-0.3, -0.25) is 4.79 Å². The minimum atomic E-state index is 0.236. The summed E-state index contributed by atoms with van der Waals surface area (Å²) in [5.74, 6) is 0.729. The zero-order chi connectivity index (χ0) is 13.0. The van der Waals surface area contributed by atoms with Crippen LogP contribution in [0.15, 0.2) is 23.1 Å². The molecule has 18 heavy (non-hydrogen) atoms. The molecule has 2 N–H and O–H groups in total. The van der Waals surface area contributed by atoms with Gasteiger partial charge in [0, 0.05) is 23.7 Å². The number of aryl methyl sites for hydroxylation is 1. The van der Waals surface area contributed by atoms with Crippen LogP contribution in [0.5, 0.6) is 0 Å². The van der Waals surface area contributed by atoms with Crippen LogP contribution in [0.25, 0.3) is 0 Å². The average molecular weight is 264 g/mol. The second-order valence-corrected chi connectivity index (χ2v) is 5.79. The van der Waals surface area contributed by atoms with Crippen LogP contribution in [-0.4, -0.2) is 29.6 Å². The van der Waals surface area contributed by atoms with E-state index < -0.39 is 0 Å². The van der Waals surface area contributed by atoms with Crippen molar-refractivity contribution in [2.24, 2.45) is 0 Å². The first-order valence-electron chi connectivity index (χ1n) is 6.43. The van der Waals surface area contributed by atoms with Crippen molar-refractivity contribution in [3.63, 3.8) is 0 Å². The quantitative estimate of drug-likeness (QED) is 0.674.